The van der Waals surface area contributed by atoms with Gasteiger partial charge in [-0.15, -0.1) is 0 Å². The largest absolute Gasteiger partial charge is 0.364 e. The van der Waals surface area contributed by atoms with Crippen LogP contribution >= 0.6 is 11.6 Å². The molecule has 1 saturated carbocycles. The molecule has 2 heterocycles. The second kappa shape index (κ2) is 3.84. The van der Waals surface area contributed by atoms with Crippen molar-refractivity contribution < 1.29 is 0 Å². The van der Waals surface area contributed by atoms with Crippen molar-refractivity contribution in [3.05, 3.63) is 17.5 Å². The topological polar surface area (TPSA) is 55.1 Å². The highest BCUT2D eigenvalue weighted by molar-refractivity contribution is 6.29. The summed E-state index contributed by atoms with van der Waals surface area (Å²) < 4.78 is 1.70. The van der Waals surface area contributed by atoms with Gasteiger partial charge in [0.2, 0.25) is 0 Å². The van der Waals surface area contributed by atoms with Crippen molar-refractivity contribution in [3.63, 3.8) is 0 Å². The van der Waals surface area contributed by atoms with Crippen LogP contribution in [0.1, 0.15) is 32.6 Å². The fourth-order valence-corrected chi connectivity index (χ4v) is 2.49. The predicted octanol–water partition coefficient (Wildman–Crippen LogP) is 2.52. The van der Waals surface area contributed by atoms with Gasteiger partial charge < -0.3 is 5.32 Å². The average Bonchev–Trinajstić information content (AvgIpc) is 2.71. The Morgan fingerprint density at radius 1 is 1.53 bits per heavy atom. The number of fused-ring (bicyclic) bond motifs is 1. The molecule has 2 aromatic rings. The van der Waals surface area contributed by atoms with E-state index in [1.54, 1.807) is 10.6 Å². The molecule has 1 fully saturated rings. The van der Waals surface area contributed by atoms with Crippen LogP contribution in [0, 0.1) is 0 Å². The maximum absolute atomic E-state index is 5.98. The average molecular weight is 252 g/mol. The zero-order valence-corrected chi connectivity index (χ0v) is 10.4. The van der Waals surface area contributed by atoms with Crippen LogP contribution in [-0.2, 0) is 0 Å². The molecule has 6 heteroatoms. The minimum absolute atomic E-state index is 0.198. The summed E-state index contributed by atoms with van der Waals surface area (Å²) in [4.78, 5) is 8.17. The van der Waals surface area contributed by atoms with Crippen LogP contribution in [0.3, 0.4) is 0 Å². The van der Waals surface area contributed by atoms with Crippen LogP contribution in [0.15, 0.2) is 12.4 Å². The fraction of sp³-hybridized carbons (Fsp3) is 0.545. The van der Waals surface area contributed by atoms with E-state index in [-0.39, 0.29) is 5.54 Å². The Labute approximate surface area is 104 Å². The monoisotopic (exact) mass is 251 g/mol. The minimum atomic E-state index is 0.198. The maximum atomic E-state index is 5.98. The highest BCUT2D eigenvalue weighted by atomic mass is 35.5. The van der Waals surface area contributed by atoms with Crippen LogP contribution in [0.25, 0.3) is 5.78 Å². The lowest BCUT2D eigenvalue weighted by Gasteiger charge is -2.42. The molecule has 0 unspecified atom stereocenters. The maximum Gasteiger partial charge on any atom is 0.255 e. The first-order valence-electron chi connectivity index (χ1n) is 5.87. The van der Waals surface area contributed by atoms with Crippen molar-refractivity contribution in [1.29, 1.82) is 0 Å². The van der Waals surface area contributed by atoms with E-state index in [1.807, 2.05) is 0 Å². The molecule has 0 aromatic carbocycles. The molecule has 1 aliphatic carbocycles. The van der Waals surface area contributed by atoms with Gasteiger partial charge >= 0.3 is 0 Å². The summed E-state index contributed by atoms with van der Waals surface area (Å²) in [6.07, 6.45) is 6.26. The van der Waals surface area contributed by atoms with Crippen LogP contribution in [0.4, 0.5) is 5.82 Å². The molecule has 0 atom stereocenters. The summed E-state index contributed by atoms with van der Waals surface area (Å²) >= 11 is 5.98. The third-order valence-electron chi connectivity index (χ3n) is 3.60. The lowest BCUT2D eigenvalue weighted by Crippen LogP contribution is -2.44. The summed E-state index contributed by atoms with van der Waals surface area (Å²) in [5.74, 6) is 1.41. The first-order chi connectivity index (χ1) is 8.22. The lowest BCUT2D eigenvalue weighted by atomic mass is 9.75. The third-order valence-corrected chi connectivity index (χ3v) is 3.79. The van der Waals surface area contributed by atoms with Crippen molar-refractivity contribution in [3.8, 4) is 0 Å². The number of rotatable bonds is 3. The van der Waals surface area contributed by atoms with Gasteiger partial charge in [-0.25, -0.2) is 0 Å². The molecule has 1 aliphatic rings. The Hall–Kier alpha value is -1.36. The Morgan fingerprint density at radius 2 is 2.35 bits per heavy atom. The van der Waals surface area contributed by atoms with Crippen LogP contribution < -0.4 is 5.32 Å². The van der Waals surface area contributed by atoms with Crippen molar-refractivity contribution in [1.82, 2.24) is 19.6 Å². The zero-order chi connectivity index (χ0) is 11.9. The van der Waals surface area contributed by atoms with E-state index in [1.165, 1.54) is 25.6 Å². The highest BCUT2D eigenvalue weighted by Gasteiger charge is 2.35. The van der Waals surface area contributed by atoms with E-state index in [2.05, 4.69) is 27.3 Å². The highest BCUT2D eigenvalue weighted by Crippen LogP contribution is 2.38. The van der Waals surface area contributed by atoms with Crippen molar-refractivity contribution in [2.24, 2.45) is 0 Å². The Bertz CT molecular complexity index is 540. The molecule has 0 saturated heterocycles. The molecule has 5 nitrogen and oxygen atoms in total. The SMILES string of the molecule is CCC1(Nc2cc(Cl)nc3ncnn23)CCC1. The molecule has 2 aromatic heterocycles. The van der Waals surface area contributed by atoms with E-state index in [0.717, 1.165) is 12.2 Å². The molecule has 0 amide bonds. The smallest absolute Gasteiger partial charge is 0.255 e. The van der Waals surface area contributed by atoms with Gasteiger partial charge in [0.25, 0.3) is 5.78 Å². The predicted molar refractivity (Wildman–Crippen MR) is 66.3 cm³/mol. The number of hydrogen-bond acceptors (Lipinski definition) is 4. The third kappa shape index (κ3) is 1.74. The molecule has 90 valence electrons. The standard InChI is InChI=1S/C11H14ClN5/c1-2-11(4-3-5-11)16-9-6-8(12)15-10-13-7-14-17(9)10/h6-7,16H,2-5H2,1H3. The first kappa shape index (κ1) is 10.8. The Balaban J connectivity index is 2.01. The Morgan fingerprint density at radius 3 is 3.00 bits per heavy atom. The van der Waals surface area contributed by atoms with Gasteiger partial charge in [0.1, 0.15) is 17.3 Å². The van der Waals surface area contributed by atoms with Crippen molar-refractivity contribution in [2.75, 3.05) is 5.32 Å². The van der Waals surface area contributed by atoms with E-state index in [9.17, 15) is 0 Å². The van der Waals surface area contributed by atoms with Gasteiger partial charge in [0.15, 0.2) is 0 Å². The van der Waals surface area contributed by atoms with Gasteiger partial charge in [-0.1, -0.05) is 18.5 Å². The number of hydrogen-bond donors (Lipinski definition) is 1. The van der Waals surface area contributed by atoms with E-state index >= 15 is 0 Å². The molecule has 0 radical (unpaired) electrons. The minimum Gasteiger partial charge on any atom is -0.364 e. The number of nitrogens with zero attached hydrogens (tertiary/aromatic N) is 4. The molecule has 17 heavy (non-hydrogen) atoms. The molecule has 0 aliphatic heterocycles. The summed E-state index contributed by atoms with van der Waals surface area (Å²) in [6, 6.07) is 1.80. The van der Waals surface area contributed by atoms with Gasteiger partial charge in [-0.3, -0.25) is 0 Å². The quantitative estimate of drug-likeness (QED) is 0.852. The van der Waals surface area contributed by atoms with Crippen LogP contribution in [-0.4, -0.2) is 25.1 Å². The number of nitrogens with one attached hydrogen (secondary N) is 1. The summed E-state index contributed by atoms with van der Waals surface area (Å²) in [5.41, 5.74) is 0.198. The van der Waals surface area contributed by atoms with E-state index in [0.29, 0.717) is 10.9 Å². The summed E-state index contributed by atoms with van der Waals surface area (Å²) in [5, 5.41) is 8.15. The molecule has 1 N–H and O–H groups in total. The molecule has 3 rings (SSSR count). The van der Waals surface area contributed by atoms with E-state index < -0.39 is 0 Å². The van der Waals surface area contributed by atoms with Gasteiger partial charge in [0.05, 0.1) is 0 Å². The molecular weight excluding hydrogens is 238 g/mol. The van der Waals surface area contributed by atoms with Gasteiger partial charge in [-0.2, -0.15) is 19.6 Å². The van der Waals surface area contributed by atoms with Crippen LogP contribution in [0.2, 0.25) is 5.15 Å². The van der Waals surface area contributed by atoms with E-state index in [4.69, 9.17) is 11.6 Å². The van der Waals surface area contributed by atoms with Gasteiger partial charge in [-0.05, 0) is 25.7 Å². The molecule has 0 spiro atoms. The second-order valence-corrected chi connectivity index (χ2v) is 4.94. The molecule has 0 bridgehead atoms. The molecular formula is C11H14ClN5. The normalized spacial score (nSPS) is 18.0. The summed E-state index contributed by atoms with van der Waals surface area (Å²) in [6.45, 7) is 2.20. The number of halogens is 1. The van der Waals surface area contributed by atoms with Crippen molar-refractivity contribution in [2.45, 2.75) is 38.1 Å². The second-order valence-electron chi connectivity index (χ2n) is 4.55. The summed E-state index contributed by atoms with van der Waals surface area (Å²) in [7, 11) is 0. The lowest BCUT2D eigenvalue weighted by molar-refractivity contribution is 0.268. The Kier molecular flexibility index (Phi) is 2.43. The van der Waals surface area contributed by atoms with Crippen LogP contribution in [0.5, 0.6) is 0 Å². The first-order valence-corrected chi connectivity index (χ1v) is 6.25. The zero-order valence-electron chi connectivity index (χ0n) is 9.65. The van der Waals surface area contributed by atoms with Gasteiger partial charge in [0, 0.05) is 11.6 Å². The van der Waals surface area contributed by atoms with Crippen molar-refractivity contribution >= 4 is 23.2 Å². The number of anilines is 1. The fourth-order valence-electron chi connectivity index (χ4n) is 2.31. The number of aromatic nitrogens is 4.